The molecule has 3 heterocycles. The number of imidazole rings is 1. The highest BCUT2D eigenvalue weighted by molar-refractivity contribution is 6.36. The third-order valence-electron chi connectivity index (χ3n) is 5.92. The molecule has 1 unspecified atom stereocenters. The Labute approximate surface area is 211 Å². The molecule has 36 heavy (non-hydrogen) atoms. The second kappa shape index (κ2) is 9.59. The summed E-state index contributed by atoms with van der Waals surface area (Å²) in [4.78, 5) is 28.6. The summed E-state index contributed by atoms with van der Waals surface area (Å²) >= 11 is 6.74. The molecule has 3 aromatic rings. The van der Waals surface area contributed by atoms with Crippen LogP contribution in [0.25, 0.3) is 10.5 Å². The van der Waals surface area contributed by atoms with E-state index in [1.165, 1.54) is 10.7 Å². The topological polar surface area (TPSA) is 139 Å². The minimum atomic E-state index is -0.541. The van der Waals surface area contributed by atoms with Gasteiger partial charge in [0.25, 0.3) is 17.4 Å². The first-order chi connectivity index (χ1) is 17.4. The monoisotopic (exact) mass is 506 g/mol. The normalized spacial score (nSPS) is 17.0. The number of halogens is 1. The van der Waals surface area contributed by atoms with E-state index in [9.17, 15) is 15.2 Å². The van der Waals surface area contributed by atoms with Crippen LogP contribution in [-0.4, -0.2) is 73.8 Å². The highest BCUT2D eigenvalue weighted by atomic mass is 35.5. The molecule has 1 amide bonds. The van der Waals surface area contributed by atoms with Crippen LogP contribution in [0.4, 0.5) is 29.0 Å². The van der Waals surface area contributed by atoms with Crippen LogP contribution >= 0.6 is 11.6 Å². The number of anilines is 4. The lowest BCUT2D eigenvalue weighted by Crippen LogP contribution is -2.52. The fourth-order valence-electron chi connectivity index (χ4n) is 4.10. The van der Waals surface area contributed by atoms with Gasteiger partial charge in [0.2, 0.25) is 5.91 Å². The Balaban J connectivity index is 1.49. The Morgan fingerprint density at radius 1 is 1.39 bits per heavy atom. The van der Waals surface area contributed by atoms with E-state index in [0.29, 0.717) is 54.1 Å². The molecule has 13 heteroatoms. The Morgan fingerprint density at radius 2 is 2.19 bits per heavy atom. The van der Waals surface area contributed by atoms with E-state index in [1.54, 1.807) is 24.0 Å². The molecule has 1 aliphatic heterocycles. The molecule has 1 saturated heterocycles. The van der Waals surface area contributed by atoms with Gasteiger partial charge in [0, 0.05) is 25.7 Å². The average molecular weight is 507 g/mol. The number of nitrogens with one attached hydrogen (secondary N) is 2. The zero-order valence-corrected chi connectivity index (χ0v) is 20.2. The molecular weight excluding hydrogens is 484 g/mol. The number of nitriles is 1. The number of rotatable bonds is 7. The van der Waals surface area contributed by atoms with Crippen LogP contribution in [0.3, 0.4) is 0 Å². The van der Waals surface area contributed by atoms with E-state index >= 15 is 0 Å². The zero-order chi connectivity index (χ0) is 25.4. The van der Waals surface area contributed by atoms with Gasteiger partial charge in [0.05, 0.1) is 46.9 Å². The maximum Gasteiger partial charge on any atom is 0.275 e. The number of carbonyl (C=O) groups excluding carboxylic acids is 1. The highest BCUT2D eigenvalue weighted by Crippen LogP contribution is 2.37. The molecule has 2 aliphatic rings. The van der Waals surface area contributed by atoms with Crippen molar-refractivity contribution in [2.75, 3.05) is 41.7 Å². The molecule has 5 rings (SSSR count). The van der Waals surface area contributed by atoms with E-state index in [-0.39, 0.29) is 29.2 Å². The number of nitrogens with zero attached hydrogens (tertiary/aromatic N) is 8. The van der Waals surface area contributed by atoms with Crippen LogP contribution in [0.1, 0.15) is 25.3 Å². The van der Waals surface area contributed by atoms with Crippen LogP contribution in [0.2, 0.25) is 5.02 Å². The first-order valence-corrected chi connectivity index (χ1v) is 11.8. The lowest BCUT2D eigenvalue weighted by molar-refractivity contribution is -0.121. The molecule has 1 atom stereocenters. The second-order valence-corrected chi connectivity index (χ2v) is 9.27. The summed E-state index contributed by atoms with van der Waals surface area (Å²) in [6.45, 7) is 10.5. The second-order valence-electron chi connectivity index (χ2n) is 8.89. The van der Waals surface area contributed by atoms with Crippen molar-refractivity contribution < 1.29 is 9.90 Å². The molecule has 3 N–H and O–H groups in total. The Bertz CT molecular complexity index is 1420. The number of benzene rings is 1. The van der Waals surface area contributed by atoms with E-state index in [0.717, 1.165) is 12.8 Å². The predicted molar refractivity (Wildman–Crippen MR) is 134 cm³/mol. The molecule has 0 radical (unpaired) electrons. The van der Waals surface area contributed by atoms with Crippen molar-refractivity contribution in [1.29, 1.82) is 5.26 Å². The largest absolute Gasteiger partial charge is 0.392 e. The van der Waals surface area contributed by atoms with Gasteiger partial charge in [-0.2, -0.15) is 10.2 Å². The van der Waals surface area contributed by atoms with E-state index in [4.69, 9.17) is 18.2 Å². The van der Waals surface area contributed by atoms with Crippen molar-refractivity contribution in [3.63, 3.8) is 0 Å². The van der Waals surface area contributed by atoms with Crippen molar-refractivity contribution >= 4 is 52.1 Å². The van der Waals surface area contributed by atoms with Gasteiger partial charge in [0.1, 0.15) is 0 Å². The molecule has 1 aliphatic carbocycles. The number of aliphatic hydroxyl groups excluding tert-OH is 1. The summed E-state index contributed by atoms with van der Waals surface area (Å²) in [5.41, 5.74) is 1.50. The van der Waals surface area contributed by atoms with E-state index in [2.05, 4.69) is 36.6 Å². The molecule has 2 aromatic heterocycles. The molecule has 1 saturated carbocycles. The lowest BCUT2D eigenvalue weighted by atomic mass is 10.1. The molecule has 0 bridgehead atoms. The van der Waals surface area contributed by atoms with Gasteiger partial charge in [0.15, 0.2) is 5.82 Å². The van der Waals surface area contributed by atoms with Crippen molar-refractivity contribution in [2.45, 2.75) is 31.9 Å². The molecule has 1 aromatic carbocycles. The van der Waals surface area contributed by atoms with E-state index in [1.807, 2.05) is 4.90 Å². The summed E-state index contributed by atoms with van der Waals surface area (Å²) in [6.07, 6.45) is 2.94. The van der Waals surface area contributed by atoms with Crippen LogP contribution in [-0.2, 0) is 4.79 Å². The predicted octanol–water partition coefficient (Wildman–Crippen LogP) is 2.55. The lowest BCUT2D eigenvalue weighted by Gasteiger charge is -2.35. The van der Waals surface area contributed by atoms with Gasteiger partial charge in [-0.15, -0.1) is 4.52 Å². The SMILES string of the molecule is [C-]#[N+]c1cnc2c(NC3CC3)nc(Nc3cc(C#N)cc(N4CCN(CC(C)O)CC4=O)c3Cl)nn12. The summed E-state index contributed by atoms with van der Waals surface area (Å²) in [6, 6.07) is 5.54. The van der Waals surface area contributed by atoms with Crippen molar-refractivity contribution in [2.24, 2.45) is 0 Å². The van der Waals surface area contributed by atoms with Crippen LogP contribution in [0, 0.1) is 17.9 Å². The number of hydrogen-bond acceptors (Lipinski definition) is 9. The van der Waals surface area contributed by atoms with E-state index < -0.39 is 6.10 Å². The zero-order valence-electron chi connectivity index (χ0n) is 19.4. The maximum absolute atomic E-state index is 12.9. The number of β-amino-alcohol motifs (C(OH)–C–C–N with tert-alkyl or cyclic N) is 1. The van der Waals surface area contributed by atoms with Gasteiger partial charge < -0.3 is 25.5 Å². The van der Waals surface area contributed by atoms with Gasteiger partial charge >= 0.3 is 0 Å². The van der Waals surface area contributed by atoms with Crippen LogP contribution in [0.5, 0.6) is 0 Å². The van der Waals surface area contributed by atoms with Crippen LogP contribution < -0.4 is 15.5 Å². The quantitative estimate of drug-likeness (QED) is 0.412. The van der Waals surface area contributed by atoms with Crippen molar-refractivity contribution in [3.05, 3.63) is 40.3 Å². The van der Waals surface area contributed by atoms with Gasteiger partial charge in [-0.05, 0) is 31.9 Å². The number of aromatic nitrogens is 4. The summed E-state index contributed by atoms with van der Waals surface area (Å²) in [5.74, 6) is 0.692. The summed E-state index contributed by atoms with van der Waals surface area (Å²) in [7, 11) is 0. The summed E-state index contributed by atoms with van der Waals surface area (Å²) in [5, 5.41) is 30.3. The highest BCUT2D eigenvalue weighted by Gasteiger charge is 2.29. The maximum atomic E-state index is 12.9. The Hall–Kier alpha value is -3.97. The Kier molecular flexibility index (Phi) is 6.33. The molecule has 2 fully saturated rings. The smallest absolute Gasteiger partial charge is 0.275 e. The van der Waals surface area contributed by atoms with Gasteiger partial charge in [-0.3, -0.25) is 9.69 Å². The molecule has 12 nitrogen and oxygen atoms in total. The fraction of sp³-hybridized carbons (Fsp3) is 0.391. The third-order valence-corrected chi connectivity index (χ3v) is 6.32. The standard InChI is InChI=1S/C23H23ClN10O2/c1-13(35)11-32-5-6-33(19(36)12-32)17-8-14(9-25)7-16(20(17)24)29-23-30-21(28-15-3-4-15)22-27-10-18(26-2)34(22)31-23/h7-8,10,13,15,35H,3-6,11-12H2,1H3,(H2,28,29,30,31). The number of aliphatic hydroxyl groups is 1. The number of carbonyl (C=O) groups is 1. The van der Waals surface area contributed by atoms with Crippen molar-refractivity contribution in [3.8, 4) is 6.07 Å². The summed E-state index contributed by atoms with van der Waals surface area (Å²) < 4.78 is 1.40. The molecular formula is C23H23ClN10O2. The van der Waals surface area contributed by atoms with Crippen LogP contribution in [0.15, 0.2) is 18.3 Å². The first-order valence-electron chi connectivity index (χ1n) is 11.5. The van der Waals surface area contributed by atoms with Gasteiger partial charge in [-0.1, -0.05) is 23.3 Å². The number of piperazine rings is 1. The molecule has 0 spiro atoms. The van der Waals surface area contributed by atoms with Crippen molar-refractivity contribution in [1.82, 2.24) is 24.5 Å². The third kappa shape index (κ3) is 4.75. The number of amides is 1. The first kappa shape index (κ1) is 23.8. The average Bonchev–Trinajstić information content (AvgIpc) is 3.56. The minimum absolute atomic E-state index is 0.136. The van der Waals surface area contributed by atoms with Gasteiger partial charge in [-0.25, -0.2) is 4.98 Å². The minimum Gasteiger partial charge on any atom is -0.392 e. The Morgan fingerprint density at radius 3 is 2.86 bits per heavy atom. The molecule has 184 valence electrons. The fourth-order valence-corrected chi connectivity index (χ4v) is 4.36. The number of hydrogen-bond donors (Lipinski definition) is 3. The number of fused-ring (bicyclic) bond motifs is 1.